The summed E-state index contributed by atoms with van der Waals surface area (Å²) in [5.41, 5.74) is 0. The third-order valence-corrected chi connectivity index (χ3v) is 6.13. The van der Waals surface area contributed by atoms with E-state index in [2.05, 4.69) is 5.32 Å². The lowest BCUT2D eigenvalue weighted by Crippen LogP contribution is -2.53. The normalized spacial score (nSPS) is 24.7. The average molecular weight is 317 g/mol. The number of piperazine rings is 1. The van der Waals surface area contributed by atoms with Gasteiger partial charge in [0.05, 0.1) is 5.75 Å². The molecule has 0 radical (unpaired) electrons. The Morgan fingerprint density at radius 2 is 1.90 bits per heavy atom. The third-order valence-electron chi connectivity index (χ3n) is 4.23. The van der Waals surface area contributed by atoms with Gasteiger partial charge < -0.3 is 10.2 Å². The fourth-order valence-corrected chi connectivity index (χ4v) is 4.91. The molecule has 0 bridgehead atoms. The Kier molecular flexibility index (Phi) is 5.62. The molecule has 0 spiro atoms. The average Bonchev–Trinajstić information content (AvgIpc) is 2.96. The Hall–Kier alpha value is -0.660. The van der Waals surface area contributed by atoms with Gasteiger partial charge >= 0.3 is 0 Å². The zero-order valence-electron chi connectivity index (χ0n) is 13.0. The van der Waals surface area contributed by atoms with E-state index in [-0.39, 0.29) is 11.7 Å². The number of hydrogen-bond acceptors (Lipinski definition) is 4. The number of amides is 1. The van der Waals surface area contributed by atoms with E-state index in [4.69, 9.17) is 0 Å². The highest BCUT2D eigenvalue weighted by molar-refractivity contribution is 7.89. The molecule has 0 aliphatic carbocycles. The van der Waals surface area contributed by atoms with Crippen LogP contribution in [0.4, 0.5) is 0 Å². The van der Waals surface area contributed by atoms with Gasteiger partial charge in [-0.25, -0.2) is 8.42 Å². The molecule has 2 fully saturated rings. The van der Waals surface area contributed by atoms with Gasteiger partial charge in [0.1, 0.15) is 6.04 Å². The van der Waals surface area contributed by atoms with Crippen molar-refractivity contribution in [2.75, 3.05) is 38.5 Å². The van der Waals surface area contributed by atoms with Crippen LogP contribution in [0.2, 0.25) is 0 Å². The van der Waals surface area contributed by atoms with Crippen molar-refractivity contribution in [1.29, 1.82) is 0 Å². The van der Waals surface area contributed by atoms with E-state index >= 15 is 0 Å². The van der Waals surface area contributed by atoms with Crippen molar-refractivity contribution in [2.45, 2.75) is 39.2 Å². The second-order valence-electron chi connectivity index (χ2n) is 6.34. The predicted molar refractivity (Wildman–Crippen MR) is 82.4 cm³/mol. The first kappa shape index (κ1) is 16.7. The Bertz CT molecular complexity index is 458. The summed E-state index contributed by atoms with van der Waals surface area (Å²) in [6.45, 7) is 7.45. The molecule has 0 aromatic rings. The van der Waals surface area contributed by atoms with Crippen molar-refractivity contribution < 1.29 is 13.2 Å². The number of nitrogens with zero attached hydrogens (tertiary/aromatic N) is 2. The molecule has 6 nitrogen and oxygen atoms in total. The predicted octanol–water partition coefficient (Wildman–Crippen LogP) is 0.259. The first-order chi connectivity index (χ1) is 9.92. The minimum Gasteiger partial charge on any atom is -0.339 e. The van der Waals surface area contributed by atoms with E-state index in [1.54, 1.807) is 4.90 Å². The first-order valence-corrected chi connectivity index (χ1v) is 9.52. The van der Waals surface area contributed by atoms with Gasteiger partial charge in [0.2, 0.25) is 15.9 Å². The summed E-state index contributed by atoms with van der Waals surface area (Å²) >= 11 is 0. The Labute approximate surface area is 127 Å². The van der Waals surface area contributed by atoms with E-state index in [0.29, 0.717) is 38.4 Å². The number of carbonyl (C=O) groups is 1. The van der Waals surface area contributed by atoms with Gasteiger partial charge in [-0.15, -0.1) is 0 Å². The lowest BCUT2D eigenvalue weighted by atomic mass is 10.2. The van der Waals surface area contributed by atoms with Crippen LogP contribution in [0.25, 0.3) is 0 Å². The Morgan fingerprint density at radius 3 is 2.52 bits per heavy atom. The smallest absolute Gasteiger partial charge is 0.241 e. The molecule has 122 valence electrons. The topological polar surface area (TPSA) is 69.7 Å². The second kappa shape index (κ2) is 7.07. The number of nitrogens with one attached hydrogen (secondary N) is 1. The summed E-state index contributed by atoms with van der Waals surface area (Å²) in [5, 5.41) is 3.21. The molecule has 1 N–H and O–H groups in total. The van der Waals surface area contributed by atoms with Gasteiger partial charge in [0.15, 0.2) is 0 Å². The van der Waals surface area contributed by atoms with Gasteiger partial charge in [-0.1, -0.05) is 13.8 Å². The van der Waals surface area contributed by atoms with E-state index in [9.17, 15) is 13.2 Å². The molecule has 2 aliphatic rings. The molecule has 2 saturated heterocycles. The molecule has 2 heterocycles. The van der Waals surface area contributed by atoms with Crippen LogP contribution in [0.3, 0.4) is 0 Å². The van der Waals surface area contributed by atoms with Gasteiger partial charge in [-0.05, 0) is 25.2 Å². The summed E-state index contributed by atoms with van der Waals surface area (Å²) in [6.07, 6.45) is 2.08. The fraction of sp³-hybridized carbons (Fsp3) is 0.929. The lowest BCUT2D eigenvalue weighted by molar-refractivity contribution is -0.135. The number of sulfonamides is 1. The summed E-state index contributed by atoms with van der Waals surface area (Å²) in [5.74, 6) is 0.488. The summed E-state index contributed by atoms with van der Waals surface area (Å²) in [6, 6.07) is -0.472. The maximum absolute atomic E-state index is 12.6. The van der Waals surface area contributed by atoms with Gasteiger partial charge in [-0.3, -0.25) is 4.79 Å². The van der Waals surface area contributed by atoms with Crippen LogP contribution in [0, 0.1) is 5.92 Å². The Balaban J connectivity index is 2.03. The van der Waals surface area contributed by atoms with Crippen molar-refractivity contribution >= 4 is 15.9 Å². The number of rotatable bonds is 5. The van der Waals surface area contributed by atoms with Crippen LogP contribution in [0.1, 0.15) is 33.1 Å². The minimum absolute atomic E-state index is 0.0119. The molecular weight excluding hydrogens is 290 g/mol. The van der Waals surface area contributed by atoms with Crippen molar-refractivity contribution in [3.05, 3.63) is 0 Å². The van der Waals surface area contributed by atoms with Crippen LogP contribution in [0.5, 0.6) is 0 Å². The van der Waals surface area contributed by atoms with Crippen LogP contribution < -0.4 is 5.32 Å². The molecule has 1 atom stereocenters. The molecule has 2 rings (SSSR count). The van der Waals surface area contributed by atoms with Gasteiger partial charge in [0.25, 0.3) is 0 Å². The lowest BCUT2D eigenvalue weighted by Gasteiger charge is -2.32. The standard InChI is InChI=1S/C14H27N3O3S/c1-12(2)5-11-21(19,20)17-8-3-4-13(17)14(18)16-9-6-15-7-10-16/h12-13,15H,3-11H2,1-2H3. The molecule has 0 saturated carbocycles. The summed E-state index contributed by atoms with van der Waals surface area (Å²) < 4.78 is 26.4. The SMILES string of the molecule is CC(C)CCS(=O)(=O)N1CCCC1C(=O)N1CCNCC1. The molecule has 21 heavy (non-hydrogen) atoms. The largest absolute Gasteiger partial charge is 0.339 e. The highest BCUT2D eigenvalue weighted by Crippen LogP contribution is 2.24. The number of hydrogen-bond donors (Lipinski definition) is 1. The first-order valence-electron chi connectivity index (χ1n) is 7.91. The van der Waals surface area contributed by atoms with E-state index in [1.807, 2.05) is 13.8 Å². The van der Waals surface area contributed by atoms with Crippen molar-refractivity contribution in [2.24, 2.45) is 5.92 Å². The van der Waals surface area contributed by atoms with Crippen LogP contribution in [-0.4, -0.2) is 68.0 Å². The molecule has 0 aromatic carbocycles. The Morgan fingerprint density at radius 1 is 1.24 bits per heavy atom. The zero-order valence-corrected chi connectivity index (χ0v) is 13.9. The molecular formula is C14H27N3O3S. The maximum atomic E-state index is 12.6. The van der Waals surface area contributed by atoms with Crippen LogP contribution >= 0.6 is 0 Å². The molecule has 0 aromatic heterocycles. The van der Waals surface area contributed by atoms with E-state index in [1.165, 1.54) is 4.31 Å². The minimum atomic E-state index is -3.32. The molecule has 1 amide bonds. The van der Waals surface area contributed by atoms with Gasteiger partial charge in [0, 0.05) is 32.7 Å². The third kappa shape index (κ3) is 4.17. The van der Waals surface area contributed by atoms with E-state index < -0.39 is 16.1 Å². The number of carbonyl (C=O) groups excluding carboxylic acids is 1. The van der Waals surface area contributed by atoms with Gasteiger partial charge in [-0.2, -0.15) is 4.31 Å². The molecule has 1 unspecified atom stereocenters. The zero-order chi connectivity index (χ0) is 15.5. The summed E-state index contributed by atoms with van der Waals surface area (Å²) in [7, 11) is -3.32. The highest BCUT2D eigenvalue weighted by atomic mass is 32.2. The molecule has 2 aliphatic heterocycles. The van der Waals surface area contributed by atoms with Crippen molar-refractivity contribution in [3.63, 3.8) is 0 Å². The second-order valence-corrected chi connectivity index (χ2v) is 8.38. The monoisotopic (exact) mass is 317 g/mol. The van der Waals surface area contributed by atoms with E-state index in [0.717, 1.165) is 19.5 Å². The van der Waals surface area contributed by atoms with Crippen LogP contribution in [-0.2, 0) is 14.8 Å². The highest BCUT2D eigenvalue weighted by Gasteiger charge is 2.40. The maximum Gasteiger partial charge on any atom is 0.241 e. The summed E-state index contributed by atoms with van der Waals surface area (Å²) in [4.78, 5) is 14.4. The fourth-order valence-electron chi connectivity index (χ4n) is 2.92. The van der Waals surface area contributed by atoms with Crippen molar-refractivity contribution in [3.8, 4) is 0 Å². The molecule has 7 heteroatoms. The van der Waals surface area contributed by atoms with Crippen molar-refractivity contribution in [1.82, 2.24) is 14.5 Å². The quantitative estimate of drug-likeness (QED) is 0.789. The van der Waals surface area contributed by atoms with Crippen LogP contribution in [0.15, 0.2) is 0 Å².